The van der Waals surface area contributed by atoms with Gasteiger partial charge in [0.25, 0.3) is 5.91 Å². The third-order valence-electron chi connectivity index (χ3n) is 11.6. The van der Waals surface area contributed by atoms with Crippen LogP contribution in [0.2, 0.25) is 10.0 Å². The van der Waals surface area contributed by atoms with Crippen LogP contribution in [-0.4, -0.2) is 144 Å². The second-order valence-corrected chi connectivity index (χ2v) is 17.6. The number of carbonyl (C=O) groups is 7. The lowest BCUT2D eigenvalue weighted by atomic mass is 9.91. The summed E-state index contributed by atoms with van der Waals surface area (Å²) in [5, 5.41) is 11.2. The molecule has 4 rings (SSSR count). The predicted molar refractivity (Wildman–Crippen MR) is 220 cm³/mol. The van der Waals surface area contributed by atoms with Crippen LogP contribution in [0.5, 0.6) is 0 Å². The number of likely N-dealkylation sites (tertiary alicyclic amines) is 1. The van der Waals surface area contributed by atoms with Crippen molar-refractivity contribution in [1.82, 2.24) is 36.0 Å². The quantitative estimate of drug-likeness (QED) is 0.272. The number of likely N-dealkylation sites (N-methyl/N-ethyl adjacent to an activating group) is 2. The number of halogens is 6. The Hall–Kier alpha value is -4.23. The van der Waals surface area contributed by atoms with E-state index >= 15 is 0 Å². The third kappa shape index (κ3) is 12.1. The maximum Gasteiger partial charge on any atom is 0.426 e. The molecule has 0 saturated carbocycles. The zero-order chi connectivity index (χ0) is 46.3. The topological polar surface area (TPSA) is 187 Å². The SMILES string of the molecule is CC(C)C[C@@H]1NC(=O)[C@@H](N(C)C(=O)[C@H](C)NC(=O)[C@@H]2C[C@@H](F)CN2C(=O)C2(C(F)(F)F)CCCCO2)CCCCNC(=O)[C@@H](C)NC(=O)[C@H](Cc2cc(Cl)ccc2Cl)N(C)C1=O. The Labute approximate surface area is 368 Å². The normalized spacial score (nSPS) is 27.9. The predicted octanol–water partition coefficient (Wildman–Crippen LogP) is 3.47. The van der Waals surface area contributed by atoms with E-state index in [-0.39, 0.29) is 62.6 Å². The van der Waals surface area contributed by atoms with E-state index in [9.17, 15) is 51.1 Å². The van der Waals surface area contributed by atoms with Crippen LogP contribution in [0.3, 0.4) is 0 Å². The monoisotopic (exact) mass is 921 g/mol. The summed E-state index contributed by atoms with van der Waals surface area (Å²) >= 11 is 12.7. The van der Waals surface area contributed by atoms with Crippen molar-refractivity contribution in [3.05, 3.63) is 33.8 Å². The highest BCUT2D eigenvalue weighted by Crippen LogP contribution is 2.43. The van der Waals surface area contributed by atoms with Crippen molar-refractivity contribution in [1.29, 1.82) is 0 Å². The number of alkyl halides is 4. The van der Waals surface area contributed by atoms with Crippen molar-refractivity contribution in [2.75, 3.05) is 33.8 Å². The maximum absolute atomic E-state index is 14.8. The van der Waals surface area contributed by atoms with Crippen LogP contribution in [0.25, 0.3) is 0 Å². The Morgan fingerprint density at radius 2 is 1.71 bits per heavy atom. The first kappa shape index (κ1) is 50.4. The molecule has 0 aromatic heterocycles. The minimum atomic E-state index is -5.14. The molecule has 7 amide bonds. The molecule has 62 heavy (non-hydrogen) atoms. The first-order chi connectivity index (χ1) is 29.0. The molecule has 1 aromatic carbocycles. The molecule has 3 aliphatic rings. The summed E-state index contributed by atoms with van der Waals surface area (Å²) in [5.74, 6) is -6.20. The summed E-state index contributed by atoms with van der Waals surface area (Å²) in [6.45, 7) is 5.40. The van der Waals surface area contributed by atoms with Gasteiger partial charge in [0.05, 0.1) is 6.54 Å². The van der Waals surface area contributed by atoms with E-state index in [1.54, 1.807) is 18.2 Å². The Morgan fingerprint density at radius 1 is 1.02 bits per heavy atom. The molecule has 3 heterocycles. The van der Waals surface area contributed by atoms with Crippen molar-refractivity contribution >= 4 is 64.6 Å². The largest absolute Gasteiger partial charge is 0.426 e. The summed E-state index contributed by atoms with van der Waals surface area (Å²) in [6.07, 6.45) is -7.32. The van der Waals surface area contributed by atoms with Gasteiger partial charge in [-0.05, 0) is 88.5 Å². The van der Waals surface area contributed by atoms with Crippen molar-refractivity contribution in [3.63, 3.8) is 0 Å². The van der Waals surface area contributed by atoms with Crippen LogP contribution in [0.4, 0.5) is 17.6 Å². The van der Waals surface area contributed by atoms with Gasteiger partial charge in [0.2, 0.25) is 41.0 Å². The van der Waals surface area contributed by atoms with Gasteiger partial charge in [-0.3, -0.25) is 33.6 Å². The van der Waals surface area contributed by atoms with Crippen molar-refractivity contribution in [3.8, 4) is 0 Å². The van der Waals surface area contributed by atoms with E-state index < -0.39 is 115 Å². The molecule has 0 radical (unpaired) electrons. The van der Waals surface area contributed by atoms with Gasteiger partial charge in [0.15, 0.2) is 0 Å². The van der Waals surface area contributed by atoms with Crippen LogP contribution in [-0.2, 0) is 44.7 Å². The van der Waals surface area contributed by atoms with E-state index in [0.717, 1.165) is 9.80 Å². The minimum Gasteiger partial charge on any atom is -0.357 e. The van der Waals surface area contributed by atoms with Gasteiger partial charge < -0.3 is 40.7 Å². The molecular weight excluding hydrogens is 865 g/mol. The van der Waals surface area contributed by atoms with Crippen LogP contribution < -0.4 is 21.3 Å². The van der Waals surface area contributed by atoms with Crippen LogP contribution in [0, 0.1) is 5.92 Å². The van der Waals surface area contributed by atoms with Gasteiger partial charge in [0, 0.05) is 50.1 Å². The average Bonchev–Trinajstić information content (AvgIpc) is 3.61. The number of hydrogen-bond acceptors (Lipinski definition) is 8. The van der Waals surface area contributed by atoms with Crippen LogP contribution >= 0.6 is 23.2 Å². The molecule has 3 fully saturated rings. The Morgan fingerprint density at radius 3 is 2.34 bits per heavy atom. The first-order valence-corrected chi connectivity index (χ1v) is 21.6. The number of nitrogens with zero attached hydrogens (tertiary/aromatic N) is 3. The van der Waals surface area contributed by atoms with Gasteiger partial charge >= 0.3 is 6.18 Å². The standard InChI is InChI=1S/C41H57Cl2F4N7O8/c1-22(2)17-29-38(60)53(6)31(19-25-18-26(42)12-13-28(25)43)35(57)49-23(3)33(55)48-15-9-7-11-30(34(56)51-29)52(5)37(59)24(4)50-36(58)32-20-27(44)21-54(32)39(61)40(41(45,46)47)14-8-10-16-62-40/h12-13,18,22-24,27,29-32H,7-11,14-17,19-21H2,1-6H3,(H,48,55)(H,49,57)(H,50,58)(H,51,56)/t23-,24+,27-,29+,30+,31+,32+,40?/m1/s1. The van der Waals surface area contributed by atoms with E-state index in [1.807, 2.05) is 13.8 Å². The summed E-state index contributed by atoms with van der Waals surface area (Å²) in [4.78, 5) is 99.2. The number of hydrogen-bond donors (Lipinski definition) is 4. The highest BCUT2D eigenvalue weighted by molar-refractivity contribution is 6.33. The van der Waals surface area contributed by atoms with Crippen molar-refractivity contribution in [2.24, 2.45) is 5.92 Å². The second-order valence-electron chi connectivity index (χ2n) is 16.7. The number of amides is 7. The molecule has 3 saturated heterocycles. The Kier molecular flexibility index (Phi) is 17.4. The van der Waals surface area contributed by atoms with E-state index in [1.165, 1.54) is 27.9 Å². The van der Waals surface area contributed by atoms with Crippen LogP contribution in [0.1, 0.15) is 84.6 Å². The Bertz CT molecular complexity index is 1840. The molecule has 8 atom stereocenters. The summed E-state index contributed by atoms with van der Waals surface area (Å²) in [6, 6.07) is -3.15. The molecule has 0 bridgehead atoms. The lowest BCUT2D eigenvalue weighted by Gasteiger charge is -2.40. The fourth-order valence-electron chi connectivity index (χ4n) is 8.01. The van der Waals surface area contributed by atoms with E-state index in [4.69, 9.17) is 27.9 Å². The minimum absolute atomic E-state index is 0.0233. The number of benzene rings is 1. The zero-order valence-electron chi connectivity index (χ0n) is 35.7. The van der Waals surface area contributed by atoms with Gasteiger partial charge in [-0.1, -0.05) is 37.0 Å². The molecule has 21 heteroatoms. The lowest BCUT2D eigenvalue weighted by Crippen LogP contribution is -2.63. The van der Waals surface area contributed by atoms with Gasteiger partial charge in [0.1, 0.15) is 42.4 Å². The number of ether oxygens (including phenoxy) is 1. The molecule has 4 N–H and O–H groups in total. The van der Waals surface area contributed by atoms with Gasteiger partial charge in [-0.25, -0.2) is 4.39 Å². The van der Waals surface area contributed by atoms with Gasteiger partial charge in [-0.15, -0.1) is 0 Å². The average molecular weight is 923 g/mol. The number of carbonyl (C=O) groups excluding carboxylic acids is 7. The Balaban J connectivity index is 1.59. The van der Waals surface area contributed by atoms with E-state index in [2.05, 4.69) is 21.3 Å². The van der Waals surface area contributed by atoms with E-state index in [0.29, 0.717) is 21.9 Å². The molecular formula is C41H57Cl2F4N7O8. The second kappa shape index (κ2) is 21.4. The molecule has 346 valence electrons. The molecule has 1 aromatic rings. The number of nitrogens with one attached hydrogen (secondary N) is 4. The molecule has 15 nitrogen and oxygen atoms in total. The number of rotatable bonds is 9. The summed E-state index contributed by atoms with van der Waals surface area (Å²) < 4.78 is 62.8. The molecule has 0 aliphatic carbocycles. The fraction of sp³-hybridized carbons (Fsp3) is 0.683. The van der Waals surface area contributed by atoms with Gasteiger partial charge in [-0.2, -0.15) is 13.2 Å². The molecule has 0 spiro atoms. The van der Waals surface area contributed by atoms with Crippen molar-refractivity contribution < 1.29 is 55.9 Å². The highest BCUT2D eigenvalue weighted by atomic mass is 35.5. The first-order valence-electron chi connectivity index (χ1n) is 20.8. The molecule has 1 unspecified atom stereocenters. The fourth-order valence-corrected chi connectivity index (χ4v) is 8.39. The summed E-state index contributed by atoms with van der Waals surface area (Å²) in [7, 11) is 2.68. The lowest BCUT2D eigenvalue weighted by molar-refractivity contribution is -0.281. The van der Waals surface area contributed by atoms with Crippen molar-refractivity contribution in [2.45, 2.75) is 140 Å². The van der Waals surface area contributed by atoms with Crippen LogP contribution in [0.15, 0.2) is 18.2 Å². The smallest absolute Gasteiger partial charge is 0.357 e. The highest BCUT2D eigenvalue weighted by Gasteiger charge is 2.65. The summed E-state index contributed by atoms with van der Waals surface area (Å²) in [5.41, 5.74) is -2.80. The third-order valence-corrected chi connectivity index (χ3v) is 12.2. The maximum atomic E-state index is 14.8. The molecule has 3 aliphatic heterocycles. The zero-order valence-corrected chi connectivity index (χ0v) is 37.2.